The molecule has 0 aromatic carbocycles. The van der Waals surface area contributed by atoms with Crippen LogP contribution >= 0.6 is 0 Å². The van der Waals surface area contributed by atoms with Gasteiger partial charge >= 0.3 is 34.8 Å². The van der Waals surface area contributed by atoms with Crippen molar-refractivity contribution in [2.45, 2.75) is 32.4 Å². The summed E-state index contributed by atoms with van der Waals surface area (Å²) in [5, 5.41) is 0. The Bertz CT molecular complexity index is 459. The Labute approximate surface area is 123 Å². The van der Waals surface area contributed by atoms with Crippen molar-refractivity contribution in [2.75, 3.05) is 13.1 Å². The van der Waals surface area contributed by atoms with Crippen LogP contribution in [0.3, 0.4) is 0 Å². The Morgan fingerprint density at radius 2 is 1.58 bits per heavy atom. The molecule has 0 saturated carbocycles. The van der Waals surface area contributed by atoms with Gasteiger partial charge in [0.05, 0.1) is 0 Å². The first-order valence-electron chi connectivity index (χ1n) is 5.09. The van der Waals surface area contributed by atoms with Crippen LogP contribution in [0.1, 0.15) is 26.7 Å². The van der Waals surface area contributed by atoms with Gasteiger partial charge in [-0.2, -0.15) is 21.5 Å². The zero-order chi connectivity index (χ0) is 14.4. The van der Waals surface area contributed by atoms with E-state index in [1.165, 1.54) is 0 Å². The van der Waals surface area contributed by atoms with Crippen molar-refractivity contribution in [2.24, 2.45) is 3.77 Å². The van der Waals surface area contributed by atoms with Crippen LogP contribution in [0.25, 0.3) is 0 Å². The molecule has 0 aromatic rings. The van der Waals surface area contributed by atoms with Crippen LogP contribution < -0.4 is 18.9 Å². The van der Waals surface area contributed by atoms with E-state index in [4.69, 9.17) is 0 Å². The monoisotopic (exact) mass is 319 g/mol. The van der Waals surface area contributed by atoms with Gasteiger partial charge in [0.2, 0.25) is 0 Å². The maximum absolute atomic E-state index is 12.2. The molecule has 0 amide bonds. The molecule has 0 spiro atoms. The number of nitrogens with zero attached hydrogens (tertiary/aromatic N) is 2. The van der Waals surface area contributed by atoms with Gasteiger partial charge in [0, 0.05) is 13.1 Å². The summed E-state index contributed by atoms with van der Waals surface area (Å²) in [5.41, 5.74) is 0. The van der Waals surface area contributed by atoms with Crippen LogP contribution in [0.4, 0.5) is 13.3 Å². The largest absolute Gasteiger partial charge is 1.00 e. The fraction of sp³-hybridized carbons (Fsp3) is 1.00. The minimum atomic E-state index is -5.19. The molecule has 1 atom stereocenters. The van der Waals surface area contributed by atoms with E-state index in [0.29, 0.717) is 12.8 Å². The van der Waals surface area contributed by atoms with Gasteiger partial charge in [0.1, 0.15) is 0 Å². The Balaban J connectivity index is 0. The number of halogens is 3. The zero-order valence-electron chi connectivity index (χ0n) is 10.9. The van der Waals surface area contributed by atoms with Crippen molar-refractivity contribution in [3.63, 3.8) is 0 Å². The number of alkyl halides is 2. The molecule has 0 N–H and O–H groups in total. The minimum Gasteiger partial charge on any atom is -0.211 e. The summed E-state index contributed by atoms with van der Waals surface area (Å²) in [6.07, 6.45) is 0.808. The minimum absolute atomic E-state index is 0. The molecule has 0 radical (unpaired) electrons. The average Bonchev–Trinajstić information content (AvgIpc) is 2.27. The molecule has 19 heavy (non-hydrogen) atoms. The summed E-state index contributed by atoms with van der Waals surface area (Å²) in [5.74, 6) is -3.86. The van der Waals surface area contributed by atoms with Crippen molar-refractivity contribution in [1.29, 1.82) is 0 Å². The van der Waals surface area contributed by atoms with E-state index < -0.39 is 26.0 Å². The Kier molecular flexibility index (Phi) is 10.4. The molecule has 110 valence electrons. The van der Waals surface area contributed by atoms with Crippen molar-refractivity contribution < 1.29 is 49.2 Å². The summed E-state index contributed by atoms with van der Waals surface area (Å²) < 4.78 is 76.2. The van der Waals surface area contributed by atoms with Gasteiger partial charge in [-0.05, 0) is 17.4 Å². The maximum atomic E-state index is 12.2. The number of hydrogen-bond donors (Lipinski definition) is 0. The molecule has 0 heterocycles. The first-order valence-corrected chi connectivity index (χ1v) is 7.99. The van der Waals surface area contributed by atoms with Gasteiger partial charge in [-0.3, -0.25) is 0 Å². The summed E-state index contributed by atoms with van der Waals surface area (Å²) in [6.45, 7) is 3.33. The van der Waals surface area contributed by atoms with Crippen molar-refractivity contribution in [3.05, 3.63) is 0 Å². The first-order chi connectivity index (χ1) is 8.23. The Morgan fingerprint density at radius 3 is 1.84 bits per heavy atom. The number of rotatable bonds is 8. The van der Waals surface area contributed by atoms with Crippen molar-refractivity contribution >= 4 is 20.2 Å². The molecule has 0 rings (SSSR count). The molecule has 0 saturated heterocycles. The first kappa shape index (κ1) is 21.5. The van der Waals surface area contributed by atoms with E-state index in [1.807, 2.05) is 0 Å². The molecule has 0 aliphatic heterocycles. The van der Waals surface area contributed by atoms with E-state index >= 15 is 0 Å². The van der Waals surface area contributed by atoms with E-state index in [2.05, 4.69) is 8.16 Å². The summed E-state index contributed by atoms with van der Waals surface area (Å²) in [6, 6.07) is 0. The van der Waals surface area contributed by atoms with Gasteiger partial charge in [0.25, 0.3) is 10.0 Å². The van der Waals surface area contributed by atoms with Crippen LogP contribution in [0, 0.1) is 0 Å². The van der Waals surface area contributed by atoms with E-state index in [1.54, 1.807) is 13.8 Å². The quantitative estimate of drug-likeness (QED) is 0.530. The average molecular weight is 319 g/mol. The van der Waals surface area contributed by atoms with E-state index in [-0.39, 0.29) is 32.0 Å². The third kappa shape index (κ3) is 6.46. The zero-order valence-corrected chi connectivity index (χ0v) is 12.5. The Hall–Kier alpha value is 0.207. The molecule has 0 bridgehead atoms. The van der Waals surface area contributed by atoms with Crippen molar-refractivity contribution in [1.82, 2.24) is 4.31 Å². The van der Waals surface area contributed by atoms with Crippen LogP contribution in [0.15, 0.2) is 3.77 Å². The van der Waals surface area contributed by atoms with Crippen LogP contribution in [-0.4, -0.2) is 35.8 Å². The van der Waals surface area contributed by atoms with E-state index in [9.17, 15) is 25.9 Å². The van der Waals surface area contributed by atoms with Gasteiger partial charge in [-0.15, -0.1) is 0 Å². The second-order valence-electron chi connectivity index (χ2n) is 3.29. The van der Waals surface area contributed by atoms with Gasteiger partial charge in [-0.1, -0.05) is 22.0 Å². The third-order valence-electron chi connectivity index (χ3n) is 1.79. The van der Waals surface area contributed by atoms with Crippen LogP contribution in [0.5, 0.6) is 0 Å². The Morgan fingerprint density at radius 1 is 1.16 bits per heavy atom. The molecule has 0 aliphatic carbocycles. The maximum Gasteiger partial charge on any atom is 1.00 e. The fourth-order valence-electron chi connectivity index (χ4n) is 1.09. The molecular formula is C7H15F3LiN2O4S2+. The number of hydrogen-bond acceptors (Lipinski definition) is 4. The van der Waals surface area contributed by atoms with Crippen LogP contribution in [0.2, 0.25) is 0 Å². The predicted octanol–water partition coefficient (Wildman–Crippen LogP) is -1.14. The SMILES string of the molecule is CCCN(CCC)S(=O)(=O)N=S(=O)(OF)C(F)F.[Li+]. The molecule has 0 aliphatic rings. The smallest absolute Gasteiger partial charge is 0.211 e. The topological polar surface area (TPSA) is 76.0 Å². The molecule has 1 unspecified atom stereocenters. The molecule has 12 heteroatoms. The van der Waals surface area contributed by atoms with Gasteiger partial charge < -0.3 is 0 Å². The summed E-state index contributed by atoms with van der Waals surface area (Å²) in [4.78, 5) is 0. The molecule has 0 fully saturated rings. The van der Waals surface area contributed by atoms with Crippen LogP contribution in [-0.2, 0) is 24.6 Å². The van der Waals surface area contributed by atoms with Gasteiger partial charge in [-0.25, -0.2) is 4.21 Å². The second-order valence-corrected chi connectivity index (χ2v) is 6.81. The second kappa shape index (κ2) is 9.20. The molecular weight excluding hydrogens is 304 g/mol. The summed E-state index contributed by atoms with van der Waals surface area (Å²) >= 11 is 0. The van der Waals surface area contributed by atoms with Gasteiger partial charge in [0.15, 0.2) is 0 Å². The predicted molar refractivity (Wildman–Crippen MR) is 59.8 cm³/mol. The van der Waals surface area contributed by atoms with Crippen molar-refractivity contribution in [3.8, 4) is 0 Å². The molecule has 6 nitrogen and oxygen atoms in total. The summed E-state index contributed by atoms with van der Waals surface area (Å²) in [7, 11) is -9.81. The van der Waals surface area contributed by atoms with E-state index in [0.717, 1.165) is 4.31 Å². The normalized spacial score (nSPS) is 15.1. The fourth-order valence-corrected chi connectivity index (χ4v) is 3.75. The third-order valence-corrected chi connectivity index (χ3v) is 5.02. The molecule has 0 aromatic heterocycles. The standard InChI is InChI=1S/C7H15F3N2O4S2.Li/c1-3-5-12(6-4-2)18(14,15)11-17(13,16-10)7(8)9;/h7H,3-6H2,1-2H3;/q;+1.